The van der Waals surface area contributed by atoms with Crippen molar-refractivity contribution >= 4 is 12.0 Å². The standard InChI is InChI=1S/C13H15FN2O3/c14-9-2-3-10-8(7-9)1-4-11(10)16-13(19)15-6-5-12(17)18/h2-3,7,11H,1,4-6H2,(H,17,18)(H2,15,16,19). The zero-order valence-electron chi connectivity index (χ0n) is 10.3. The quantitative estimate of drug-likeness (QED) is 0.774. The van der Waals surface area contributed by atoms with Gasteiger partial charge in [-0.1, -0.05) is 6.07 Å². The number of fused-ring (bicyclic) bond motifs is 1. The number of carbonyl (C=O) groups is 2. The van der Waals surface area contributed by atoms with E-state index in [2.05, 4.69) is 10.6 Å². The van der Waals surface area contributed by atoms with Crippen LogP contribution in [0.15, 0.2) is 18.2 Å². The van der Waals surface area contributed by atoms with E-state index in [1.807, 2.05) is 0 Å². The minimum absolute atomic E-state index is 0.0875. The fourth-order valence-electron chi connectivity index (χ4n) is 2.23. The summed E-state index contributed by atoms with van der Waals surface area (Å²) in [4.78, 5) is 21.9. The SMILES string of the molecule is O=C(O)CCNC(=O)NC1CCc2cc(F)ccc21. The summed E-state index contributed by atoms with van der Waals surface area (Å²) in [6.07, 6.45) is 1.35. The van der Waals surface area contributed by atoms with Gasteiger partial charge in [0.2, 0.25) is 0 Å². The number of benzene rings is 1. The van der Waals surface area contributed by atoms with E-state index in [0.29, 0.717) is 0 Å². The molecule has 2 amide bonds. The van der Waals surface area contributed by atoms with E-state index in [-0.39, 0.29) is 24.8 Å². The Labute approximate surface area is 109 Å². The van der Waals surface area contributed by atoms with Gasteiger partial charge in [0.05, 0.1) is 12.5 Å². The van der Waals surface area contributed by atoms with Crippen LogP contribution in [0, 0.1) is 5.82 Å². The number of hydrogen-bond donors (Lipinski definition) is 3. The van der Waals surface area contributed by atoms with Gasteiger partial charge in [-0.2, -0.15) is 0 Å². The molecule has 0 fully saturated rings. The summed E-state index contributed by atoms with van der Waals surface area (Å²) >= 11 is 0. The van der Waals surface area contributed by atoms with E-state index >= 15 is 0 Å². The first kappa shape index (κ1) is 13.3. The lowest BCUT2D eigenvalue weighted by molar-refractivity contribution is -0.136. The van der Waals surface area contributed by atoms with Crippen LogP contribution in [0.4, 0.5) is 9.18 Å². The smallest absolute Gasteiger partial charge is 0.315 e. The minimum Gasteiger partial charge on any atom is -0.481 e. The van der Waals surface area contributed by atoms with Crippen molar-refractivity contribution in [3.05, 3.63) is 35.1 Å². The van der Waals surface area contributed by atoms with Gasteiger partial charge in [0.1, 0.15) is 5.82 Å². The topological polar surface area (TPSA) is 78.4 Å². The molecule has 2 rings (SSSR count). The molecule has 0 aliphatic heterocycles. The van der Waals surface area contributed by atoms with Gasteiger partial charge in [-0.3, -0.25) is 4.79 Å². The molecule has 0 aromatic heterocycles. The Morgan fingerprint density at radius 2 is 2.21 bits per heavy atom. The van der Waals surface area contributed by atoms with Crippen LogP contribution in [-0.4, -0.2) is 23.7 Å². The maximum absolute atomic E-state index is 13.0. The second-order valence-electron chi connectivity index (χ2n) is 4.48. The summed E-state index contributed by atoms with van der Waals surface area (Å²) in [6.45, 7) is 0.0875. The van der Waals surface area contributed by atoms with Crippen LogP contribution >= 0.6 is 0 Å². The first-order valence-electron chi connectivity index (χ1n) is 6.11. The molecule has 3 N–H and O–H groups in total. The lowest BCUT2D eigenvalue weighted by atomic mass is 10.1. The largest absolute Gasteiger partial charge is 0.481 e. The maximum atomic E-state index is 13.0. The van der Waals surface area contributed by atoms with Gasteiger partial charge >= 0.3 is 12.0 Å². The van der Waals surface area contributed by atoms with Crippen molar-refractivity contribution in [2.45, 2.75) is 25.3 Å². The lowest BCUT2D eigenvalue weighted by Crippen LogP contribution is -2.38. The van der Waals surface area contributed by atoms with Crippen LogP contribution in [0.5, 0.6) is 0 Å². The Hall–Kier alpha value is -2.11. The zero-order chi connectivity index (χ0) is 13.8. The number of carbonyl (C=O) groups excluding carboxylic acids is 1. The van der Waals surface area contributed by atoms with E-state index in [9.17, 15) is 14.0 Å². The lowest BCUT2D eigenvalue weighted by Gasteiger charge is -2.14. The number of aryl methyl sites for hydroxylation is 1. The zero-order valence-corrected chi connectivity index (χ0v) is 10.3. The summed E-state index contributed by atoms with van der Waals surface area (Å²) in [7, 11) is 0. The monoisotopic (exact) mass is 266 g/mol. The average molecular weight is 266 g/mol. The van der Waals surface area contributed by atoms with Crippen molar-refractivity contribution in [3.63, 3.8) is 0 Å². The van der Waals surface area contributed by atoms with E-state index < -0.39 is 12.0 Å². The molecule has 0 radical (unpaired) electrons. The molecule has 1 atom stereocenters. The molecule has 5 nitrogen and oxygen atoms in total. The third kappa shape index (κ3) is 3.43. The summed E-state index contributed by atoms with van der Waals surface area (Å²) in [5.41, 5.74) is 1.84. The van der Waals surface area contributed by atoms with Crippen LogP contribution in [0.1, 0.15) is 30.0 Å². The van der Waals surface area contributed by atoms with E-state index in [1.54, 1.807) is 6.07 Å². The number of aliphatic carboxylic acids is 1. The van der Waals surface area contributed by atoms with Crippen molar-refractivity contribution in [2.75, 3.05) is 6.54 Å². The molecule has 0 saturated heterocycles. The highest BCUT2D eigenvalue weighted by molar-refractivity contribution is 5.75. The number of urea groups is 1. The van der Waals surface area contributed by atoms with Crippen LogP contribution in [0.3, 0.4) is 0 Å². The van der Waals surface area contributed by atoms with Gasteiger partial charge in [-0.25, -0.2) is 9.18 Å². The van der Waals surface area contributed by atoms with E-state index in [4.69, 9.17) is 5.11 Å². The number of halogens is 1. The molecule has 1 aliphatic carbocycles. The second-order valence-corrected chi connectivity index (χ2v) is 4.48. The average Bonchev–Trinajstić information content (AvgIpc) is 2.71. The molecule has 1 aromatic rings. The van der Waals surface area contributed by atoms with E-state index in [0.717, 1.165) is 24.0 Å². The van der Waals surface area contributed by atoms with Crippen molar-refractivity contribution in [1.82, 2.24) is 10.6 Å². The Morgan fingerprint density at radius 3 is 2.95 bits per heavy atom. The highest BCUT2D eigenvalue weighted by Gasteiger charge is 2.24. The predicted octanol–water partition coefficient (Wildman–Crippen LogP) is 1.59. The molecule has 1 unspecified atom stereocenters. The van der Waals surface area contributed by atoms with E-state index in [1.165, 1.54) is 12.1 Å². The predicted molar refractivity (Wildman–Crippen MR) is 66.2 cm³/mol. The number of carboxylic acid groups (broad SMARTS) is 1. The Balaban J connectivity index is 1.88. The van der Waals surface area contributed by atoms with Crippen LogP contribution < -0.4 is 10.6 Å². The van der Waals surface area contributed by atoms with Crippen LogP contribution in [0.25, 0.3) is 0 Å². The van der Waals surface area contributed by atoms with Gasteiger partial charge in [0.15, 0.2) is 0 Å². The van der Waals surface area contributed by atoms with Gasteiger partial charge in [0.25, 0.3) is 0 Å². The Bertz CT molecular complexity index is 505. The summed E-state index contributed by atoms with van der Waals surface area (Å²) < 4.78 is 13.0. The molecule has 1 aliphatic rings. The van der Waals surface area contributed by atoms with Gasteiger partial charge in [-0.15, -0.1) is 0 Å². The third-order valence-corrected chi connectivity index (χ3v) is 3.11. The molecule has 1 aromatic carbocycles. The Morgan fingerprint density at radius 1 is 1.42 bits per heavy atom. The molecule has 0 saturated carbocycles. The molecule has 0 spiro atoms. The number of rotatable bonds is 4. The molecule has 19 heavy (non-hydrogen) atoms. The number of amides is 2. The normalized spacial score (nSPS) is 16.8. The number of hydrogen-bond acceptors (Lipinski definition) is 2. The highest BCUT2D eigenvalue weighted by atomic mass is 19.1. The summed E-state index contributed by atoms with van der Waals surface area (Å²) in [5.74, 6) is -1.23. The third-order valence-electron chi connectivity index (χ3n) is 3.11. The molecular weight excluding hydrogens is 251 g/mol. The first-order chi connectivity index (χ1) is 9.06. The molecule has 6 heteroatoms. The van der Waals surface area contributed by atoms with Crippen molar-refractivity contribution < 1.29 is 19.1 Å². The number of carboxylic acids is 1. The van der Waals surface area contributed by atoms with Gasteiger partial charge in [0, 0.05) is 6.54 Å². The molecule has 0 bridgehead atoms. The van der Waals surface area contributed by atoms with Crippen molar-refractivity contribution in [2.24, 2.45) is 0 Å². The number of nitrogens with one attached hydrogen (secondary N) is 2. The summed E-state index contributed by atoms with van der Waals surface area (Å²) in [6, 6.07) is 4.00. The summed E-state index contributed by atoms with van der Waals surface area (Å²) in [5, 5.41) is 13.7. The van der Waals surface area contributed by atoms with Crippen molar-refractivity contribution in [3.8, 4) is 0 Å². The van der Waals surface area contributed by atoms with Crippen LogP contribution in [0.2, 0.25) is 0 Å². The maximum Gasteiger partial charge on any atom is 0.315 e. The minimum atomic E-state index is -0.956. The molecular formula is C13H15FN2O3. The second kappa shape index (κ2) is 5.69. The highest BCUT2D eigenvalue weighted by Crippen LogP contribution is 2.31. The fraction of sp³-hybridized carbons (Fsp3) is 0.385. The molecule has 102 valence electrons. The Kier molecular flexibility index (Phi) is 3.99. The van der Waals surface area contributed by atoms with Crippen LogP contribution in [-0.2, 0) is 11.2 Å². The first-order valence-corrected chi connectivity index (χ1v) is 6.11. The van der Waals surface area contributed by atoms with Gasteiger partial charge < -0.3 is 15.7 Å². The van der Waals surface area contributed by atoms with Gasteiger partial charge in [-0.05, 0) is 36.1 Å². The van der Waals surface area contributed by atoms with Crippen molar-refractivity contribution in [1.29, 1.82) is 0 Å². The molecule has 0 heterocycles. The fourth-order valence-corrected chi connectivity index (χ4v) is 2.23.